The minimum atomic E-state index is 0.564. The second-order valence-corrected chi connectivity index (χ2v) is 5.58. The Bertz CT molecular complexity index is 401. The summed E-state index contributed by atoms with van der Waals surface area (Å²) in [6.07, 6.45) is 0. The first kappa shape index (κ1) is 13.4. The Morgan fingerprint density at radius 3 is 2.83 bits per heavy atom. The molecule has 1 atom stereocenters. The van der Waals surface area contributed by atoms with Crippen LogP contribution in [0.15, 0.2) is 18.2 Å². The van der Waals surface area contributed by atoms with Crippen LogP contribution in [0.2, 0.25) is 0 Å². The number of piperazine rings is 1. The normalized spacial score (nSPS) is 20.5. The molecule has 0 saturated carbocycles. The number of anilines is 1. The second-order valence-electron chi connectivity index (χ2n) is 5.58. The van der Waals surface area contributed by atoms with Crippen LogP contribution in [0.1, 0.15) is 11.1 Å². The van der Waals surface area contributed by atoms with E-state index in [0.717, 1.165) is 26.2 Å². The van der Waals surface area contributed by atoms with Gasteiger partial charge in [0, 0.05) is 37.9 Å². The molecule has 1 aliphatic heterocycles. The van der Waals surface area contributed by atoms with Crippen LogP contribution in [0.3, 0.4) is 0 Å². The summed E-state index contributed by atoms with van der Waals surface area (Å²) in [5.41, 5.74) is 4.21. The molecule has 1 N–H and O–H groups in total. The fourth-order valence-electron chi connectivity index (χ4n) is 2.69. The molecule has 3 heteroatoms. The molecule has 1 aromatic carbocycles. The van der Waals surface area contributed by atoms with Gasteiger partial charge in [-0.2, -0.15) is 0 Å². The molecular weight excluding hydrogens is 222 g/mol. The molecule has 18 heavy (non-hydrogen) atoms. The third kappa shape index (κ3) is 3.03. The summed E-state index contributed by atoms with van der Waals surface area (Å²) >= 11 is 0. The molecule has 3 nitrogen and oxygen atoms in total. The smallest absolute Gasteiger partial charge is 0.0399 e. The van der Waals surface area contributed by atoms with Crippen molar-refractivity contribution in [2.24, 2.45) is 0 Å². The Hall–Kier alpha value is -1.06. The molecule has 0 spiro atoms. The monoisotopic (exact) mass is 247 g/mol. The minimum Gasteiger partial charge on any atom is -0.368 e. The van der Waals surface area contributed by atoms with Crippen molar-refractivity contribution in [3.63, 3.8) is 0 Å². The Balaban J connectivity index is 2.11. The third-order valence-corrected chi connectivity index (χ3v) is 3.76. The second kappa shape index (κ2) is 5.72. The first-order chi connectivity index (χ1) is 8.58. The van der Waals surface area contributed by atoms with Gasteiger partial charge in [-0.15, -0.1) is 0 Å². The summed E-state index contributed by atoms with van der Waals surface area (Å²) in [6.45, 7) is 8.80. The highest BCUT2D eigenvalue weighted by atomic mass is 15.2. The van der Waals surface area contributed by atoms with Crippen LogP contribution in [-0.4, -0.2) is 51.2 Å². The van der Waals surface area contributed by atoms with Crippen LogP contribution >= 0.6 is 0 Å². The highest BCUT2D eigenvalue weighted by Crippen LogP contribution is 2.23. The van der Waals surface area contributed by atoms with E-state index in [-0.39, 0.29) is 0 Å². The highest BCUT2D eigenvalue weighted by molar-refractivity contribution is 5.56. The van der Waals surface area contributed by atoms with Gasteiger partial charge in [-0.3, -0.25) is 0 Å². The van der Waals surface area contributed by atoms with Crippen molar-refractivity contribution < 1.29 is 0 Å². The SMILES string of the molecule is Cc1cccc(N2CCNC(CN(C)C)C2)c1C. The molecule has 1 saturated heterocycles. The van der Waals surface area contributed by atoms with E-state index in [1.165, 1.54) is 16.8 Å². The summed E-state index contributed by atoms with van der Waals surface area (Å²) < 4.78 is 0. The lowest BCUT2D eigenvalue weighted by Crippen LogP contribution is -2.54. The average Bonchev–Trinajstić information content (AvgIpc) is 2.32. The number of likely N-dealkylation sites (N-methyl/N-ethyl adjacent to an activating group) is 1. The van der Waals surface area contributed by atoms with Crippen LogP contribution in [0.4, 0.5) is 5.69 Å². The van der Waals surface area contributed by atoms with Gasteiger partial charge in [-0.1, -0.05) is 12.1 Å². The van der Waals surface area contributed by atoms with Gasteiger partial charge in [0.25, 0.3) is 0 Å². The maximum absolute atomic E-state index is 3.60. The molecule has 1 aromatic rings. The molecule has 0 aromatic heterocycles. The van der Waals surface area contributed by atoms with E-state index in [9.17, 15) is 0 Å². The largest absolute Gasteiger partial charge is 0.368 e. The molecule has 1 unspecified atom stereocenters. The quantitative estimate of drug-likeness (QED) is 0.876. The molecular formula is C15H25N3. The molecule has 0 radical (unpaired) electrons. The van der Waals surface area contributed by atoms with E-state index in [1.54, 1.807) is 0 Å². The number of rotatable bonds is 3. The minimum absolute atomic E-state index is 0.564. The predicted molar refractivity (Wildman–Crippen MR) is 78.5 cm³/mol. The Morgan fingerprint density at radius 2 is 2.11 bits per heavy atom. The van der Waals surface area contributed by atoms with E-state index >= 15 is 0 Å². The van der Waals surface area contributed by atoms with Crippen molar-refractivity contribution in [2.75, 3.05) is 45.2 Å². The van der Waals surface area contributed by atoms with Gasteiger partial charge in [0.05, 0.1) is 0 Å². The summed E-state index contributed by atoms with van der Waals surface area (Å²) in [5.74, 6) is 0. The lowest BCUT2D eigenvalue weighted by molar-refractivity contribution is 0.323. The van der Waals surface area contributed by atoms with E-state index in [0.29, 0.717) is 6.04 Å². The first-order valence-electron chi connectivity index (χ1n) is 6.77. The molecule has 1 heterocycles. The predicted octanol–water partition coefficient (Wildman–Crippen LogP) is 1.64. The van der Waals surface area contributed by atoms with E-state index in [2.05, 4.69) is 61.3 Å². The number of nitrogens with zero attached hydrogens (tertiary/aromatic N) is 2. The Labute approximate surface area is 111 Å². The Kier molecular flexibility index (Phi) is 4.25. The lowest BCUT2D eigenvalue weighted by Gasteiger charge is -2.37. The van der Waals surface area contributed by atoms with Crippen molar-refractivity contribution in [3.8, 4) is 0 Å². The Morgan fingerprint density at radius 1 is 1.33 bits per heavy atom. The van der Waals surface area contributed by atoms with Crippen molar-refractivity contribution >= 4 is 5.69 Å². The summed E-state index contributed by atoms with van der Waals surface area (Å²) in [5, 5.41) is 3.60. The van der Waals surface area contributed by atoms with Crippen LogP contribution in [0.25, 0.3) is 0 Å². The zero-order valence-corrected chi connectivity index (χ0v) is 12.0. The third-order valence-electron chi connectivity index (χ3n) is 3.76. The zero-order chi connectivity index (χ0) is 13.1. The summed E-state index contributed by atoms with van der Waals surface area (Å²) in [6, 6.07) is 7.17. The number of aryl methyl sites for hydroxylation is 1. The van der Waals surface area contributed by atoms with E-state index < -0.39 is 0 Å². The van der Waals surface area contributed by atoms with Crippen LogP contribution < -0.4 is 10.2 Å². The van der Waals surface area contributed by atoms with Crippen molar-refractivity contribution in [1.82, 2.24) is 10.2 Å². The fraction of sp³-hybridized carbons (Fsp3) is 0.600. The fourth-order valence-corrected chi connectivity index (χ4v) is 2.69. The standard InChI is InChI=1S/C15H25N3/c1-12-6-5-7-15(13(12)2)18-9-8-16-14(11-18)10-17(3)4/h5-7,14,16H,8-11H2,1-4H3. The van der Waals surface area contributed by atoms with Gasteiger partial charge < -0.3 is 15.1 Å². The van der Waals surface area contributed by atoms with Crippen molar-refractivity contribution in [2.45, 2.75) is 19.9 Å². The van der Waals surface area contributed by atoms with Crippen molar-refractivity contribution in [3.05, 3.63) is 29.3 Å². The van der Waals surface area contributed by atoms with Gasteiger partial charge >= 0.3 is 0 Å². The van der Waals surface area contributed by atoms with E-state index in [1.807, 2.05) is 0 Å². The molecule has 0 aliphatic carbocycles. The molecule has 0 amide bonds. The summed E-state index contributed by atoms with van der Waals surface area (Å²) in [4.78, 5) is 4.78. The number of hydrogen-bond donors (Lipinski definition) is 1. The van der Waals surface area contributed by atoms with Crippen LogP contribution in [0, 0.1) is 13.8 Å². The maximum Gasteiger partial charge on any atom is 0.0399 e. The topological polar surface area (TPSA) is 18.5 Å². The van der Waals surface area contributed by atoms with Gasteiger partial charge in [0.2, 0.25) is 0 Å². The maximum atomic E-state index is 3.60. The van der Waals surface area contributed by atoms with Gasteiger partial charge in [-0.25, -0.2) is 0 Å². The molecule has 0 bridgehead atoms. The highest BCUT2D eigenvalue weighted by Gasteiger charge is 2.21. The van der Waals surface area contributed by atoms with Gasteiger partial charge in [0.15, 0.2) is 0 Å². The zero-order valence-electron chi connectivity index (χ0n) is 12.0. The summed E-state index contributed by atoms with van der Waals surface area (Å²) in [7, 11) is 4.27. The number of hydrogen-bond acceptors (Lipinski definition) is 3. The van der Waals surface area contributed by atoms with Crippen molar-refractivity contribution in [1.29, 1.82) is 0 Å². The molecule has 2 rings (SSSR count). The number of nitrogens with one attached hydrogen (secondary N) is 1. The van der Waals surface area contributed by atoms with Crippen LogP contribution in [0.5, 0.6) is 0 Å². The first-order valence-corrected chi connectivity index (χ1v) is 6.77. The van der Waals surface area contributed by atoms with E-state index in [4.69, 9.17) is 0 Å². The molecule has 1 fully saturated rings. The van der Waals surface area contributed by atoms with Gasteiger partial charge in [0.1, 0.15) is 0 Å². The molecule has 1 aliphatic rings. The van der Waals surface area contributed by atoms with Gasteiger partial charge in [-0.05, 0) is 45.1 Å². The molecule has 100 valence electrons. The van der Waals surface area contributed by atoms with Crippen LogP contribution in [-0.2, 0) is 0 Å². The number of benzene rings is 1. The average molecular weight is 247 g/mol. The lowest BCUT2D eigenvalue weighted by atomic mass is 10.1.